The summed E-state index contributed by atoms with van der Waals surface area (Å²) in [6.45, 7) is 5.54. The molecule has 2 heterocycles. The van der Waals surface area contributed by atoms with Crippen LogP contribution in [-0.4, -0.2) is 42.9 Å². The highest BCUT2D eigenvalue weighted by atomic mass is 16.5. The Balaban J connectivity index is 1.45. The van der Waals surface area contributed by atoms with Crippen LogP contribution in [0, 0.1) is 0 Å². The minimum atomic E-state index is -0.619. The van der Waals surface area contributed by atoms with Gasteiger partial charge < -0.3 is 19.7 Å². The lowest BCUT2D eigenvalue weighted by atomic mass is 9.89. The van der Waals surface area contributed by atoms with Gasteiger partial charge in [-0.3, -0.25) is 14.4 Å². The fourth-order valence-corrected chi connectivity index (χ4v) is 4.91. The molecule has 0 aliphatic heterocycles. The number of nitrogens with zero attached hydrogens (tertiary/aromatic N) is 4. The van der Waals surface area contributed by atoms with Crippen molar-refractivity contribution in [3.63, 3.8) is 0 Å². The Hall–Kier alpha value is -3.56. The molecule has 36 heavy (non-hydrogen) atoms. The summed E-state index contributed by atoms with van der Waals surface area (Å²) in [4.78, 5) is 51.1. The molecule has 1 aliphatic rings. The first kappa shape index (κ1) is 25.5. The Morgan fingerprint density at radius 3 is 2.56 bits per heavy atom. The minimum Gasteiger partial charge on any atom is -0.343 e. The van der Waals surface area contributed by atoms with Gasteiger partial charge in [-0.15, -0.1) is 0 Å². The van der Waals surface area contributed by atoms with Crippen molar-refractivity contribution in [2.24, 2.45) is 0 Å². The van der Waals surface area contributed by atoms with Crippen LogP contribution in [0.3, 0.4) is 0 Å². The average Bonchev–Trinajstić information content (AvgIpc) is 3.20. The summed E-state index contributed by atoms with van der Waals surface area (Å²) in [6.07, 6.45) is 6.18. The lowest BCUT2D eigenvalue weighted by Crippen LogP contribution is -2.45. The van der Waals surface area contributed by atoms with Crippen LogP contribution in [0.1, 0.15) is 83.3 Å². The van der Waals surface area contributed by atoms with E-state index in [0.29, 0.717) is 28.4 Å². The molecule has 1 aliphatic carbocycles. The van der Waals surface area contributed by atoms with Crippen LogP contribution in [0.2, 0.25) is 0 Å². The summed E-state index contributed by atoms with van der Waals surface area (Å²) in [5.41, 5.74) is -0.250. The molecule has 0 atom stereocenters. The predicted octanol–water partition coefficient (Wildman–Crippen LogP) is 3.36. The first-order valence-corrected chi connectivity index (χ1v) is 12.7. The number of rotatable bonds is 8. The quantitative estimate of drug-likeness (QED) is 0.459. The number of carbonyl (C=O) groups excluding carboxylic acids is 2. The maximum absolute atomic E-state index is 13.1. The van der Waals surface area contributed by atoms with Gasteiger partial charge in [-0.1, -0.05) is 43.0 Å². The van der Waals surface area contributed by atoms with Crippen LogP contribution < -0.4 is 10.9 Å². The average molecular weight is 495 g/mol. The highest BCUT2D eigenvalue weighted by molar-refractivity contribution is 5.78. The molecule has 0 unspecified atom stereocenters. The first-order chi connectivity index (χ1) is 17.3. The maximum atomic E-state index is 13.1. The van der Waals surface area contributed by atoms with Crippen molar-refractivity contribution in [1.82, 2.24) is 30.3 Å². The summed E-state index contributed by atoms with van der Waals surface area (Å²) in [5.74, 6) is 1.07. The fraction of sp³-hybridized carbons (Fsp3) is 0.538. The predicted molar refractivity (Wildman–Crippen MR) is 134 cm³/mol. The largest absolute Gasteiger partial charge is 0.343 e. The monoisotopic (exact) mass is 494 g/mol. The van der Waals surface area contributed by atoms with Gasteiger partial charge in [0.25, 0.3) is 5.56 Å². The number of H-pyrrole nitrogens is 1. The molecule has 192 valence electrons. The van der Waals surface area contributed by atoms with Gasteiger partial charge in [0, 0.05) is 25.8 Å². The number of aryl methyl sites for hydroxylation is 1. The Labute approximate surface area is 209 Å². The van der Waals surface area contributed by atoms with E-state index in [4.69, 9.17) is 4.52 Å². The van der Waals surface area contributed by atoms with Crippen molar-refractivity contribution in [3.05, 3.63) is 52.2 Å². The molecule has 0 saturated heterocycles. The Morgan fingerprint density at radius 1 is 1.14 bits per heavy atom. The van der Waals surface area contributed by atoms with Crippen molar-refractivity contribution >= 4 is 22.7 Å². The molecule has 4 rings (SSSR count). The van der Waals surface area contributed by atoms with Gasteiger partial charge in [-0.25, -0.2) is 4.98 Å². The molecule has 2 N–H and O–H groups in total. The fourth-order valence-electron chi connectivity index (χ4n) is 4.91. The van der Waals surface area contributed by atoms with Crippen LogP contribution in [-0.2, 0) is 28.1 Å². The molecule has 10 heteroatoms. The second kappa shape index (κ2) is 11.0. The van der Waals surface area contributed by atoms with Gasteiger partial charge >= 0.3 is 0 Å². The van der Waals surface area contributed by atoms with E-state index in [2.05, 4.69) is 25.4 Å². The second-order valence-corrected chi connectivity index (χ2v) is 9.83. The zero-order chi connectivity index (χ0) is 25.7. The van der Waals surface area contributed by atoms with E-state index in [0.717, 1.165) is 38.5 Å². The van der Waals surface area contributed by atoms with Crippen LogP contribution in [0.5, 0.6) is 0 Å². The number of aromatic amines is 1. The number of hydrogen-bond donors (Lipinski definition) is 2. The molecule has 10 nitrogen and oxygen atoms in total. The second-order valence-electron chi connectivity index (χ2n) is 9.83. The third-order valence-corrected chi connectivity index (χ3v) is 6.75. The lowest BCUT2D eigenvalue weighted by molar-refractivity contribution is -0.133. The summed E-state index contributed by atoms with van der Waals surface area (Å²) in [5, 5.41) is 7.78. The number of benzene rings is 1. The van der Waals surface area contributed by atoms with E-state index < -0.39 is 5.54 Å². The Bertz CT molecular complexity index is 1270. The van der Waals surface area contributed by atoms with E-state index in [1.54, 1.807) is 23.1 Å². The summed E-state index contributed by atoms with van der Waals surface area (Å²) in [6, 6.07) is 7.03. The highest BCUT2D eigenvalue weighted by Crippen LogP contribution is 2.34. The van der Waals surface area contributed by atoms with E-state index in [-0.39, 0.29) is 42.8 Å². The molecule has 0 radical (unpaired) electrons. The van der Waals surface area contributed by atoms with E-state index in [1.165, 1.54) is 6.92 Å². The molecule has 1 aromatic carbocycles. The zero-order valence-electron chi connectivity index (χ0n) is 21.2. The van der Waals surface area contributed by atoms with Crippen molar-refractivity contribution in [2.75, 3.05) is 0 Å². The lowest BCUT2D eigenvalue weighted by Gasteiger charge is -2.30. The van der Waals surface area contributed by atoms with Gasteiger partial charge in [0.1, 0.15) is 11.4 Å². The molecule has 2 aromatic heterocycles. The van der Waals surface area contributed by atoms with E-state index in [1.807, 2.05) is 19.9 Å². The molecular weight excluding hydrogens is 460 g/mol. The molecular formula is C26H34N6O4. The number of carbonyl (C=O) groups is 2. The van der Waals surface area contributed by atoms with Crippen molar-refractivity contribution in [2.45, 2.75) is 90.3 Å². The Kier molecular flexibility index (Phi) is 7.81. The van der Waals surface area contributed by atoms with Gasteiger partial charge in [0.15, 0.2) is 5.82 Å². The third kappa shape index (κ3) is 5.80. The van der Waals surface area contributed by atoms with Crippen LogP contribution in [0.4, 0.5) is 0 Å². The Morgan fingerprint density at radius 2 is 1.86 bits per heavy atom. The number of amides is 2. The normalized spacial score (nSPS) is 15.6. The number of fused-ring (bicyclic) bond motifs is 1. The summed E-state index contributed by atoms with van der Waals surface area (Å²) in [7, 11) is 0. The van der Waals surface area contributed by atoms with Crippen LogP contribution in [0.15, 0.2) is 33.6 Å². The molecule has 0 bridgehead atoms. The van der Waals surface area contributed by atoms with Gasteiger partial charge in [-0.05, 0) is 38.8 Å². The number of aromatic nitrogens is 4. The number of hydrogen-bond acceptors (Lipinski definition) is 7. The van der Waals surface area contributed by atoms with Crippen LogP contribution in [0.25, 0.3) is 10.9 Å². The molecule has 3 aromatic rings. The first-order valence-electron chi connectivity index (χ1n) is 12.7. The van der Waals surface area contributed by atoms with Crippen molar-refractivity contribution < 1.29 is 14.1 Å². The van der Waals surface area contributed by atoms with Gasteiger partial charge in [-0.2, -0.15) is 4.98 Å². The molecule has 1 fully saturated rings. The molecule has 2 amide bonds. The smallest absolute Gasteiger partial charge is 0.258 e. The maximum Gasteiger partial charge on any atom is 0.258 e. The third-order valence-electron chi connectivity index (χ3n) is 6.75. The zero-order valence-corrected chi connectivity index (χ0v) is 21.2. The summed E-state index contributed by atoms with van der Waals surface area (Å²) < 4.78 is 5.50. The highest BCUT2D eigenvalue weighted by Gasteiger charge is 2.38. The van der Waals surface area contributed by atoms with E-state index in [9.17, 15) is 14.4 Å². The SMILES string of the molecule is CC(=O)NC1(c2noc(CCC(=O)N(Cc3nc4ccccc4c(=O)[nH]3)C(C)C)n2)CCCCCC1. The molecule has 0 spiro atoms. The summed E-state index contributed by atoms with van der Waals surface area (Å²) >= 11 is 0. The number of nitrogens with one attached hydrogen (secondary N) is 2. The minimum absolute atomic E-state index is 0.0958. The topological polar surface area (TPSA) is 134 Å². The molecule has 1 saturated carbocycles. The number of para-hydroxylation sites is 1. The van der Waals surface area contributed by atoms with Gasteiger partial charge in [0.05, 0.1) is 17.4 Å². The van der Waals surface area contributed by atoms with E-state index >= 15 is 0 Å². The van der Waals surface area contributed by atoms with Gasteiger partial charge in [0.2, 0.25) is 17.7 Å². The van der Waals surface area contributed by atoms with Crippen LogP contribution >= 0.6 is 0 Å². The standard InChI is InChI=1S/C26H34N6O4/c1-17(2)32(16-21-27-20-11-7-6-10-19(20)24(35)28-21)23(34)13-12-22-29-25(31-36-22)26(30-18(3)33)14-8-4-5-9-15-26/h6-7,10-11,17H,4-5,8-9,12-16H2,1-3H3,(H,30,33)(H,27,28,35). The van der Waals surface area contributed by atoms with Crippen molar-refractivity contribution in [1.29, 1.82) is 0 Å². The van der Waals surface area contributed by atoms with Crippen molar-refractivity contribution in [3.8, 4) is 0 Å².